The van der Waals surface area contributed by atoms with Crippen LogP contribution in [0.5, 0.6) is 0 Å². The molecule has 0 aliphatic rings. The summed E-state index contributed by atoms with van der Waals surface area (Å²) in [5.41, 5.74) is 9.03. The average Bonchev–Trinajstić information content (AvgIpc) is 2.57. The first-order chi connectivity index (χ1) is 11.3. The van der Waals surface area contributed by atoms with Crippen molar-refractivity contribution in [3.8, 4) is 6.07 Å². The number of hydrogen-bond donors (Lipinski definition) is 3. The van der Waals surface area contributed by atoms with Crippen LogP contribution in [0.15, 0.2) is 42.6 Å². The molecular weight excluding hydrogens is 286 g/mol. The maximum atomic E-state index is 8.65. The lowest BCUT2D eigenvalue weighted by molar-refractivity contribution is 0.660. The summed E-state index contributed by atoms with van der Waals surface area (Å²) < 4.78 is 0. The molecule has 0 unspecified atom stereocenters. The van der Waals surface area contributed by atoms with Gasteiger partial charge in [0.15, 0.2) is 0 Å². The first-order valence-electron chi connectivity index (χ1n) is 7.89. The van der Waals surface area contributed by atoms with Gasteiger partial charge in [0.2, 0.25) is 0 Å². The van der Waals surface area contributed by atoms with E-state index < -0.39 is 0 Å². The second-order valence-electron chi connectivity index (χ2n) is 5.37. The van der Waals surface area contributed by atoms with Gasteiger partial charge in [-0.2, -0.15) is 5.26 Å². The summed E-state index contributed by atoms with van der Waals surface area (Å²) in [7, 11) is 0. The van der Waals surface area contributed by atoms with Crippen molar-refractivity contribution in [1.29, 1.82) is 5.26 Å². The Bertz CT molecular complexity index is 631. The summed E-state index contributed by atoms with van der Waals surface area (Å²) in [6.07, 6.45) is 4.19. The maximum absolute atomic E-state index is 8.65. The smallest absolute Gasteiger partial charge is 0.146 e. The fourth-order valence-electron chi connectivity index (χ4n) is 2.28. The molecule has 1 heterocycles. The van der Waals surface area contributed by atoms with Crippen molar-refractivity contribution in [1.82, 2.24) is 10.3 Å². The molecule has 120 valence electrons. The van der Waals surface area contributed by atoms with Crippen molar-refractivity contribution in [3.63, 3.8) is 0 Å². The van der Waals surface area contributed by atoms with Crippen LogP contribution in [0.2, 0.25) is 0 Å². The molecule has 23 heavy (non-hydrogen) atoms. The van der Waals surface area contributed by atoms with Crippen molar-refractivity contribution in [2.45, 2.75) is 19.3 Å². The summed E-state index contributed by atoms with van der Waals surface area (Å²) in [5.74, 6) is 0.542. The van der Waals surface area contributed by atoms with Gasteiger partial charge in [0.1, 0.15) is 5.82 Å². The van der Waals surface area contributed by atoms with Crippen LogP contribution in [0.3, 0.4) is 0 Å². The van der Waals surface area contributed by atoms with E-state index in [-0.39, 0.29) is 0 Å². The molecule has 0 radical (unpaired) electrons. The average molecular weight is 309 g/mol. The second kappa shape index (κ2) is 9.44. The number of pyridine rings is 1. The minimum Gasteiger partial charge on any atom is -0.382 e. The molecule has 0 amide bonds. The molecule has 0 fully saturated rings. The Hall–Kier alpha value is -2.58. The molecule has 0 aliphatic heterocycles. The first kappa shape index (κ1) is 16.8. The molecule has 2 rings (SSSR count). The van der Waals surface area contributed by atoms with E-state index in [2.05, 4.69) is 33.8 Å². The van der Waals surface area contributed by atoms with Gasteiger partial charge in [-0.15, -0.1) is 0 Å². The number of nitrogen functional groups attached to an aromatic ring is 1. The Morgan fingerprint density at radius 1 is 1.04 bits per heavy atom. The molecule has 5 heteroatoms. The van der Waals surface area contributed by atoms with E-state index in [0.29, 0.717) is 12.2 Å². The van der Waals surface area contributed by atoms with Crippen molar-refractivity contribution < 1.29 is 0 Å². The van der Waals surface area contributed by atoms with E-state index in [4.69, 9.17) is 11.0 Å². The highest BCUT2D eigenvalue weighted by Gasteiger charge is 1.98. The summed E-state index contributed by atoms with van der Waals surface area (Å²) in [6, 6.07) is 14.2. The molecule has 0 bridgehead atoms. The number of anilines is 2. The van der Waals surface area contributed by atoms with Gasteiger partial charge in [-0.25, -0.2) is 4.98 Å². The Morgan fingerprint density at radius 3 is 2.57 bits per heavy atom. The maximum Gasteiger partial charge on any atom is 0.146 e. The molecule has 0 atom stereocenters. The van der Waals surface area contributed by atoms with Crippen LogP contribution in [-0.4, -0.2) is 24.6 Å². The second-order valence-corrected chi connectivity index (χ2v) is 5.37. The van der Waals surface area contributed by atoms with Crippen LogP contribution in [0.1, 0.15) is 17.5 Å². The summed E-state index contributed by atoms with van der Waals surface area (Å²) >= 11 is 0. The zero-order valence-corrected chi connectivity index (χ0v) is 13.3. The van der Waals surface area contributed by atoms with E-state index in [1.807, 2.05) is 24.3 Å². The third-order valence-corrected chi connectivity index (χ3v) is 3.58. The molecule has 4 N–H and O–H groups in total. The standard InChI is InChI=1S/C18H23N5/c19-10-8-15-4-6-16(7-5-15)9-14-21-11-2-13-22-17-3-1-12-23-18(17)20/h1,3-7,12,21-22H,2,8-9,11,13-14H2,(H2,20,23). The lowest BCUT2D eigenvalue weighted by atomic mass is 10.1. The van der Waals surface area contributed by atoms with Crippen molar-refractivity contribution >= 4 is 11.5 Å². The zero-order valence-electron chi connectivity index (χ0n) is 13.3. The van der Waals surface area contributed by atoms with Crippen LogP contribution in [-0.2, 0) is 12.8 Å². The van der Waals surface area contributed by atoms with E-state index in [1.54, 1.807) is 6.20 Å². The van der Waals surface area contributed by atoms with Crippen LogP contribution in [0, 0.1) is 11.3 Å². The fourth-order valence-corrected chi connectivity index (χ4v) is 2.28. The SMILES string of the molecule is N#CCc1ccc(CCNCCCNc2cccnc2N)cc1. The van der Waals surface area contributed by atoms with Gasteiger partial charge in [-0.1, -0.05) is 24.3 Å². The number of aromatic nitrogens is 1. The lowest BCUT2D eigenvalue weighted by Gasteiger charge is -2.09. The normalized spacial score (nSPS) is 10.2. The minimum atomic E-state index is 0.479. The number of nitrogens with one attached hydrogen (secondary N) is 2. The summed E-state index contributed by atoms with van der Waals surface area (Å²) in [5, 5.41) is 15.4. The van der Waals surface area contributed by atoms with E-state index in [9.17, 15) is 0 Å². The molecule has 5 nitrogen and oxygen atoms in total. The molecule has 0 spiro atoms. The van der Waals surface area contributed by atoms with Gasteiger partial charge in [-0.3, -0.25) is 0 Å². The number of benzene rings is 1. The van der Waals surface area contributed by atoms with Gasteiger partial charge in [0, 0.05) is 12.7 Å². The Labute approximate surface area is 137 Å². The number of nitrogens with zero attached hydrogens (tertiary/aromatic N) is 2. The van der Waals surface area contributed by atoms with E-state index in [0.717, 1.165) is 43.7 Å². The fraction of sp³-hybridized carbons (Fsp3) is 0.333. The third-order valence-electron chi connectivity index (χ3n) is 3.58. The Morgan fingerprint density at radius 2 is 1.83 bits per heavy atom. The molecule has 2 aromatic rings. The molecule has 1 aromatic carbocycles. The van der Waals surface area contributed by atoms with Crippen molar-refractivity contribution in [2.75, 3.05) is 30.7 Å². The van der Waals surface area contributed by atoms with Crippen molar-refractivity contribution in [3.05, 3.63) is 53.7 Å². The monoisotopic (exact) mass is 309 g/mol. The molecular formula is C18H23N5. The highest BCUT2D eigenvalue weighted by Crippen LogP contribution is 2.12. The summed E-state index contributed by atoms with van der Waals surface area (Å²) in [6.45, 7) is 2.78. The Balaban J connectivity index is 1.56. The van der Waals surface area contributed by atoms with E-state index >= 15 is 0 Å². The third kappa shape index (κ3) is 5.97. The number of rotatable bonds is 9. The molecule has 1 aromatic heterocycles. The lowest BCUT2D eigenvalue weighted by Crippen LogP contribution is -2.20. The topological polar surface area (TPSA) is 86.8 Å². The van der Waals surface area contributed by atoms with Gasteiger partial charge in [0.25, 0.3) is 0 Å². The highest BCUT2D eigenvalue weighted by molar-refractivity contribution is 5.60. The number of hydrogen-bond acceptors (Lipinski definition) is 5. The van der Waals surface area contributed by atoms with Crippen LogP contribution in [0.25, 0.3) is 0 Å². The highest BCUT2D eigenvalue weighted by atomic mass is 15.0. The van der Waals surface area contributed by atoms with Gasteiger partial charge < -0.3 is 16.4 Å². The number of nitrogens with two attached hydrogens (primary N) is 1. The van der Waals surface area contributed by atoms with Gasteiger partial charge in [-0.05, 0) is 49.2 Å². The predicted molar refractivity (Wildman–Crippen MR) is 94.1 cm³/mol. The van der Waals surface area contributed by atoms with Crippen LogP contribution in [0.4, 0.5) is 11.5 Å². The van der Waals surface area contributed by atoms with Gasteiger partial charge >= 0.3 is 0 Å². The predicted octanol–water partition coefficient (Wildman–Crippen LogP) is 2.36. The molecule has 0 aliphatic carbocycles. The summed E-state index contributed by atoms with van der Waals surface area (Å²) in [4.78, 5) is 4.04. The number of nitriles is 1. The molecule has 0 saturated carbocycles. The minimum absolute atomic E-state index is 0.479. The van der Waals surface area contributed by atoms with E-state index in [1.165, 1.54) is 5.56 Å². The Kier molecular flexibility index (Phi) is 6.89. The van der Waals surface area contributed by atoms with Crippen molar-refractivity contribution in [2.24, 2.45) is 0 Å². The quantitative estimate of drug-likeness (QED) is 0.619. The van der Waals surface area contributed by atoms with Crippen LogP contribution < -0.4 is 16.4 Å². The largest absolute Gasteiger partial charge is 0.382 e. The zero-order chi connectivity index (χ0) is 16.3. The van der Waals surface area contributed by atoms with Gasteiger partial charge in [0.05, 0.1) is 18.2 Å². The van der Waals surface area contributed by atoms with Crippen LogP contribution >= 0.6 is 0 Å². The molecule has 0 saturated heterocycles. The first-order valence-corrected chi connectivity index (χ1v) is 7.89.